The molecule has 0 bridgehead atoms. The summed E-state index contributed by atoms with van der Waals surface area (Å²) < 4.78 is 6.83. The van der Waals surface area contributed by atoms with Crippen molar-refractivity contribution in [2.45, 2.75) is 103 Å². The maximum Gasteiger partial charge on any atom is 0.192 e. The third-order valence-corrected chi connectivity index (χ3v) is 11.1. The highest BCUT2D eigenvalue weighted by Crippen LogP contribution is 2.40. The molecule has 0 aromatic heterocycles. The monoisotopic (exact) mass is 380 g/mol. The van der Waals surface area contributed by atoms with Gasteiger partial charge in [0.15, 0.2) is 8.32 Å². The summed E-state index contributed by atoms with van der Waals surface area (Å²) >= 11 is 0. The van der Waals surface area contributed by atoms with Crippen LogP contribution in [-0.2, 0) is 4.43 Å². The quantitative estimate of drug-likeness (QED) is 0.355. The molecule has 0 unspecified atom stereocenters. The van der Waals surface area contributed by atoms with Crippen LogP contribution in [0, 0.1) is 17.8 Å². The highest BCUT2D eigenvalue weighted by Gasteiger charge is 2.42. The molecule has 0 heterocycles. The number of aliphatic hydroxyl groups is 1. The van der Waals surface area contributed by atoms with Gasteiger partial charge in [0.2, 0.25) is 0 Å². The van der Waals surface area contributed by atoms with Crippen molar-refractivity contribution in [3.8, 4) is 0 Å². The van der Waals surface area contributed by atoms with E-state index in [1.165, 1.54) is 32.1 Å². The molecule has 1 saturated carbocycles. The molecule has 1 fully saturated rings. The third kappa shape index (κ3) is 6.98. The Morgan fingerprint density at radius 2 is 1.73 bits per heavy atom. The number of aliphatic hydroxyl groups excluding tert-OH is 1. The lowest BCUT2D eigenvalue weighted by molar-refractivity contribution is 0.0126. The van der Waals surface area contributed by atoms with E-state index >= 15 is 0 Å². The van der Waals surface area contributed by atoms with Gasteiger partial charge in [0, 0.05) is 5.92 Å². The summed E-state index contributed by atoms with van der Waals surface area (Å²) in [5, 5.41) is 10.8. The molecular weight excluding hydrogens is 336 g/mol. The first-order chi connectivity index (χ1) is 12.0. The molecule has 0 aliphatic heterocycles. The van der Waals surface area contributed by atoms with E-state index in [1.54, 1.807) is 0 Å². The lowest BCUT2D eigenvalue weighted by atomic mass is 9.85. The van der Waals surface area contributed by atoms with Gasteiger partial charge in [0.25, 0.3) is 0 Å². The second kappa shape index (κ2) is 10.2. The van der Waals surface area contributed by atoms with Gasteiger partial charge in [-0.1, -0.05) is 72.1 Å². The molecule has 3 heteroatoms. The van der Waals surface area contributed by atoms with Crippen LogP contribution in [0.25, 0.3) is 0 Å². The Hall–Kier alpha value is -0.383. The molecule has 0 amide bonds. The van der Waals surface area contributed by atoms with E-state index < -0.39 is 14.4 Å². The Labute approximate surface area is 164 Å². The van der Waals surface area contributed by atoms with Crippen molar-refractivity contribution in [3.63, 3.8) is 0 Å². The van der Waals surface area contributed by atoms with Crippen molar-refractivity contribution < 1.29 is 9.53 Å². The van der Waals surface area contributed by atoms with Crippen LogP contribution in [0.3, 0.4) is 0 Å². The number of rotatable bonds is 9. The average molecular weight is 381 g/mol. The van der Waals surface area contributed by atoms with Gasteiger partial charge in [-0.25, -0.2) is 0 Å². The summed E-state index contributed by atoms with van der Waals surface area (Å²) in [6, 6.07) is 0. The molecule has 1 aliphatic carbocycles. The van der Waals surface area contributed by atoms with Gasteiger partial charge in [-0.15, -0.1) is 6.58 Å². The van der Waals surface area contributed by atoms with Crippen LogP contribution in [0.4, 0.5) is 0 Å². The second-order valence-corrected chi connectivity index (χ2v) is 14.7. The average Bonchev–Trinajstić information content (AvgIpc) is 2.57. The Kier molecular flexibility index (Phi) is 9.32. The van der Waals surface area contributed by atoms with Gasteiger partial charge in [-0.3, -0.25) is 0 Å². The fourth-order valence-corrected chi connectivity index (χ4v) is 5.05. The molecule has 0 spiro atoms. The van der Waals surface area contributed by atoms with Gasteiger partial charge in [0.05, 0.1) is 12.2 Å². The van der Waals surface area contributed by atoms with Crippen LogP contribution in [0.1, 0.15) is 73.1 Å². The van der Waals surface area contributed by atoms with E-state index in [1.807, 2.05) is 6.08 Å². The van der Waals surface area contributed by atoms with E-state index in [-0.39, 0.29) is 17.1 Å². The predicted octanol–water partition coefficient (Wildman–Crippen LogP) is 6.72. The van der Waals surface area contributed by atoms with E-state index in [0.717, 1.165) is 5.92 Å². The topological polar surface area (TPSA) is 29.5 Å². The van der Waals surface area contributed by atoms with Crippen molar-refractivity contribution in [1.82, 2.24) is 0 Å². The van der Waals surface area contributed by atoms with Crippen LogP contribution in [0.15, 0.2) is 24.8 Å². The second-order valence-electron chi connectivity index (χ2n) is 9.94. The fourth-order valence-electron chi connectivity index (χ4n) is 3.58. The SMILES string of the molecule is C=CC[C@H](O)[C@H](C)[C@H](O[Si](C)(C)C(C)(C)C)[C@@H](C)/C=C/C1CCCCC1. The maximum atomic E-state index is 10.6. The molecule has 26 heavy (non-hydrogen) atoms. The van der Waals surface area contributed by atoms with Crippen molar-refractivity contribution in [2.24, 2.45) is 17.8 Å². The van der Waals surface area contributed by atoms with Gasteiger partial charge in [0.1, 0.15) is 0 Å². The van der Waals surface area contributed by atoms with Gasteiger partial charge >= 0.3 is 0 Å². The maximum absolute atomic E-state index is 10.6. The molecule has 0 radical (unpaired) electrons. The summed E-state index contributed by atoms with van der Waals surface area (Å²) in [4.78, 5) is 0. The Balaban J connectivity index is 2.94. The fraction of sp³-hybridized carbons (Fsp3) is 0.826. The first-order valence-electron chi connectivity index (χ1n) is 10.6. The zero-order valence-corrected chi connectivity index (χ0v) is 19.4. The summed E-state index contributed by atoms with van der Waals surface area (Å²) in [7, 11) is -1.90. The minimum Gasteiger partial charge on any atom is -0.413 e. The van der Waals surface area contributed by atoms with Gasteiger partial charge in [-0.2, -0.15) is 0 Å². The van der Waals surface area contributed by atoms with Crippen LogP contribution >= 0.6 is 0 Å². The van der Waals surface area contributed by atoms with Gasteiger partial charge in [-0.05, 0) is 49.2 Å². The van der Waals surface area contributed by atoms with Crippen molar-refractivity contribution in [1.29, 1.82) is 0 Å². The van der Waals surface area contributed by atoms with Crippen LogP contribution in [-0.4, -0.2) is 25.6 Å². The first-order valence-corrected chi connectivity index (χ1v) is 13.6. The molecule has 0 aromatic rings. The summed E-state index contributed by atoms with van der Waals surface area (Å²) in [6.45, 7) is 19.7. The summed E-state index contributed by atoms with van der Waals surface area (Å²) in [5.74, 6) is 1.13. The zero-order valence-electron chi connectivity index (χ0n) is 18.4. The lowest BCUT2D eigenvalue weighted by Gasteiger charge is -2.43. The van der Waals surface area contributed by atoms with Crippen LogP contribution in [0.5, 0.6) is 0 Å². The van der Waals surface area contributed by atoms with Crippen molar-refractivity contribution >= 4 is 8.32 Å². The summed E-state index contributed by atoms with van der Waals surface area (Å²) in [6.07, 6.45) is 13.6. The number of hydrogen-bond acceptors (Lipinski definition) is 2. The Morgan fingerprint density at radius 3 is 2.23 bits per heavy atom. The van der Waals surface area contributed by atoms with E-state index in [2.05, 4.69) is 66.4 Å². The van der Waals surface area contributed by atoms with Crippen molar-refractivity contribution in [2.75, 3.05) is 0 Å². The smallest absolute Gasteiger partial charge is 0.192 e. The molecule has 152 valence electrons. The number of hydrogen-bond donors (Lipinski definition) is 1. The largest absolute Gasteiger partial charge is 0.413 e. The Morgan fingerprint density at radius 1 is 1.15 bits per heavy atom. The van der Waals surface area contributed by atoms with E-state index in [4.69, 9.17) is 4.43 Å². The van der Waals surface area contributed by atoms with Gasteiger partial charge < -0.3 is 9.53 Å². The minimum atomic E-state index is -1.90. The molecule has 0 saturated heterocycles. The first kappa shape index (κ1) is 23.7. The molecule has 1 rings (SSSR count). The molecular formula is C23H44O2Si. The van der Waals surface area contributed by atoms with Crippen LogP contribution < -0.4 is 0 Å². The zero-order chi connectivity index (χ0) is 20.0. The predicted molar refractivity (Wildman–Crippen MR) is 117 cm³/mol. The lowest BCUT2D eigenvalue weighted by Crippen LogP contribution is -2.48. The van der Waals surface area contributed by atoms with E-state index in [0.29, 0.717) is 12.3 Å². The Bertz CT molecular complexity index is 444. The summed E-state index contributed by atoms with van der Waals surface area (Å²) in [5.41, 5.74) is 0. The van der Waals surface area contributed by atoms with E-state index in [9.17, 15) is 5.11 Å². The highest BCUT2D eigenvalue weighted by molar-refractivity contribution is 6.74. The van der Waals surface area contributed by atoms with Crippen LogP contribution in [0.2, 0.25) is 18.1 Å². The molecule has 2 nitrogen and oxygen atoms in total. The third-order valence-electron chi connectivity index (χ3n) is 6.63. The molecule has 4 atom stereocenters. The highest BCUT2D eigenvalue weighted by atomic mass is 28.4. The molecule has 1 aliphatic rings. The standard InChI is InChI=1S/C23H44O2Si/c1-9-13-21(24)19(3)22(25-26(7,8)23(4,5)6)18(2)16-17-20-14-11-10-12-15-20/h9,16-22,24H,1,10-15H2,2-8H3/b17-16+/t18-,19-,21-,22+/m0/s1. The normalized spacial score (nSPS) is 22.2. The molecule has 1 N–H and O–H groups in total. The minimum absolute atomic E-state index is 0.0469. The molecule has 0 aromatic carbocycles. The number of allylic oxidation sites excluding steroid dienone is 1. The van der Waals surface area contributed by atoms with Crippen molar-refractivity contribution in [3.05, 3.63) is 24.8 Å².